The van der Waals surface area contributed by atoms with Gasteiger partial charge in [-0.15, -0.1) is 0 Å². The van der Waals surface area contributed by atoms with Crippen molar-refractivity contribution in [3.8, 4) is 0 Å². The van der Waals surface area contributed by atoms with Crippen LogP contribution in [0.4, 0.5) is 0 Å². The molecule has 1 aliphatic heterocycles. The third-order valence-electron chi connectivity index (χ3n) is 4.03. The van der Waals surface area contributed by atoms with E-state index >= 15 is 0 Å². The first-order chi connectivity index (χ1) is 10.8. The molecule has 1 saturated heterocycles. The normalized spacial score (nSPS) is 21.1. The molecule has 2 atom stereocenters. The first-order valence-electron chi connectivity index (χ1n) is 7.70. The molecular formula is C16H21N3O2S. The number of hydrogen-bond donors (Lipinski definition) is 1. The van der Waals surface area contributed by atoms with Gasteiger partial charge in [-0.2, -0.15) is 16.4 Å². The van der Waals surface area contributed by atoms with E-state index in [1.165, 1.54) is 5.56 Å². The van der Waals surface area contributed by atoms with Gasteiger partial charge in [0.15, 0.2) is 0 Å². The molecule has 5 nitrogen and oxygen atoms in total. The third-order valence-corrected chi connectivity index (χ3v) is 4.76. The molecule has 0 spiro atoms. The van der Waals surface area contributed by atoms with Crippen molar-refractivity contribution < 1.29 is 9.53 Å². The van der Waals surface area contributed by atoms with Gasteiger partial charge in [-0.05, 0) is 42.2 Å². The second kappa shape index (κ2) is 7.07. The van der Waals surface area contributed by atoms with Crippen LogP contribution in [0.25, 0.3) is 0 Å². The molecule has 0 unspecified atom stereocenters. The summed E-state index contributed by atoms with van der Waals surface area (Å²) >= 11 is 1.68. The van der Waals surface area contributed by atoms with Crippen molar-refractivity contribution in [3.63, 3.8) is 0 Å². The Bertz CT molecular complexity index is 609. The van der Waals surface area contributed by atoms with Gasteiger partial charge in [0.25, 0.3) is 0 Å². The topological polar surface area (TPSA) is 56.1 Å². The lowest BCUT2D eigenvalue weighted by molar-refractivity contribution is -0.126. The number of nitrogens with zero attached hydrogens (tertiary/aromatic N) is 2. The van der Waals surface area contributed by atoms with Crippen molar-refractivity contribution in [3.05, 3.63) is 40.3 Å². The van der Waals surface area contributed by atoms with Crippen LogP contribution >= 0.6 is 11.3 Å². The molecule has 0 bridgehead atoms. The molecule has 0 saturated carbocycles. The number of carbonyl (C=O) groups excluding carboxylic acids is 1. The minimum Gasteiger partial charge on any atom is -0.373 e. The molecule has 0 radical (unpaired) electrons. The highest BCUT2D eigenvalue weighted by Gasteiger charge is 2.35. The Kier molecular flexibility index (Phi) is 4.90. The molecule has 2 aromatic heterocycles. The molecular weight excluding hydrogens is 298 g/mol. The van der Waals surface area contributed by atoms with Gasteiger partial charge in [-0.25, -0.2) is 0 Å². The van der Waals surface area contributed by atoms with E-state index in [9.17, 15) is 4.79 Å². The first-order valence-corrected chi connectivity index (χ1v) is 8.65. The maximum absolute atomic E-state index is 12.4. The highest BCUT2D eigenvalue weighted by molar-refractivity contribution is 7.07. The number of amides is 1. The van der Waals surface area contributed by atoms with E-state index in [1.807, 2.05) is 24.0 Å². The van der Waals surface area contributed by atoms with Crippen LogP contribution in [0.1, 0.15) is 30.6 Å². The second-order valence-electron chi connectivity index (χ2n) is 5.49. The summed E-state index contributed by atoms with van der Waals surface area (Å²) in [6, 6.07) is 2.09. The summed E-state index contributed by atoms with van der Waals surface area (Å²) in [6.07, 6.45) is 5.27. The minimum absolute atomic E-state index is 0.0852. The van der Waals surface area contributed by atoms with E-state index in [0.29, 0.717) is 13.2 Å². The molecule has 3 rings (SSSR count). The molecule has 3 heterocycles. The zero-order valence-corrected chi connectivity index (χ0v) is 13.5. The second-order valence-corrected chi connectivity index (χ2v) is 6.27. The van der Waals surface area contributed by atoms with E-state index in [4.69, 9.17) is 4.74 Å². The number of carbonyl (C=O) groups is 1. The SMILES string of the molecule is CCn1cc([C@H]2OCC[C@@H]2C(=O)NCCc2ccsc2)cn1. The van der Waals surface area contributed by atoms with E-state index < -0.39 is 0 Å². The smallest absolute Gasteiger partial charge is 0.226 e. The van der Waals surface area contributed by atoms with Crippen LogP contribution in [0, 0.1) is 5.92 Å². The largest absolute Gasteiger partial charge is 0.373 e. The zero-order chi connectivity index (χ0) is 15.4. The lowest BCUT2D eigenvalue weighted by Gasteiger charge is -2.16. The van der Waals surface area contributed by atoms with E-state index in [2.05, 4.69) is 27.2 Å². The monoisotopic (exact) mass is 319 g/mol. The molecule has 22 heavy (non-hydrogen) atoms. The van der Waals surface area contributed by atoms with Crippen molar-refractivity contribution in [1.82, 2.24) is 15.1 Å². The quantitative estimate of drug-likeness (QED) is 0.889. The van der Waals surface area contributed by atoms with Crippen molar-refractivity contribution in [2.45, 2.75) is 32.4 Å². The summed E-state index contributed by atoms with van der Waals surface area (Å²) in [4.78, 5) is 12.4. The van der Waals surface area contributed by atoms with Gasteiger partial charge >= 0.3 is 0 Å². The Balaban J connectivity index is 1.56. The van der Waals surface area contributed by atoms with Gasteiger partial charge < -0.3 is 10.1 Å². The van der Waals surface area contributed by atoms with Crippen LogP contribution in [0.3, 0.4) is 0 Å². The predicted molar refractivity (Wildman–Crippen MR) is 85.7 cm³/mol. The molecule has 0 aliphatic carbocycles. The average Bonchev–Trinajstić information content (AvgIpc) is 3.27. The summed E-state index contributed by atoms with van der Waals surface area (Å²) in [5, 5.41) is 11.5. The van der Waals surface area contributed by atoms with Gasteiger partial charge in [0.05, 0.1) is 18.2 Å². The standard InChI is InChI=1S/C16H21N3O2S/c1-2-19-10-13(9-18-19)15-14(4-7-21-15)16(20)17-6-3-12-5-8-22-11-12/h5,8-11,14-15H,2-4,6-7H2,1H3,(H,17,20)/t14-,15+/m0/s1. The fraction of sp³-hybridized carbons (Fsp3) is 0.500. The molecule has 6 heteroatoms. The Morgan fingerprint density at radius 3 is 3.23 bits per heavy atom. The maximum atomic E-state index is 12.4. The molecule has 1 amide bonds. The molecule has 1 N–H and O–H groups in total. The zero-order valence-electron chi connectivity index (χ0n) is 12.7. The van der Waals surface area contributed by atoms with Gasteiger partial charge in [0.1, 0.15) is 0 Å². The van der Waals surface area contributed by atoms with Gasteiger partial charge in [-0.3, -0.25) is 9.48 Å². The number of aromatic nitrogens is 2. The highest BCUT2D eigenvalue weighted by atomic mass is 32.1. The fourth-order valence-electron chi connectivity index (χ4n) is 2.78. The summed E-state index contributed by atoms with van der Waals surface area (Å²) < 4.78 is 7.63. The van der Waals surface area contributed by atoms with Crippen molar-refractivity contribution in [1.29, 1.82) is 0 Å². The Morgan fingerprint density at radius 1 is 1.59 bits per heavy atom. The Hall–Kier alpha value is -1.66. The van der Waals surface area contributed by atoms with Crippen LogP contribution in [0.5, 0.6) is 0 Å². The first kappa shape index (κ1) is 15.2. The number of rotatable bonds is 6. The average molecular weight is 319 g/mol. The van der Waals surface area contributed by atoms with Crippen LogP contribution < -0.4 is 5.32 Å². The molecule has 2 aromatic rings. The van der Waals surface area contributed by atoms with Gasteiger partial charge in [0.2, 0.25) is 5.91 Å². The van der Waals surface area contributed by atoms with Crippen LogP contribution in [0.15, 0.2) is 29.2 Å². The predicted octanol–water partition coefficient (Wildman–Crippen LogP) is 2.40. The third kappa shape index (κ3) is 3.39. The van der Waals surface area contributed by atoms with Gasteiger partial charge in [0, 0.05) is 31.5 Å². The van der Waals surface area contributed by atoms with E-state index in [1.54, 1.807) is 11.3 Å². The number of hydrogen-bond acceptors (Lipinski definition) is 4. The summed E-state index contributed by atoms with van der Waals surface area (Å²) in [5.41, 5.74) is 2.27. The number of aryl methyl sites for hydroxylation is 1. The van der Waals surface area contributed by atoms with Gasteiger partial charge in [-0.1, -0.05) is 0 Å². The van der Waals surface area contributed by atoms with Crippen molar-refractivity contribution >= 4 is 17.2 Å². The van der Waals surface area contributed by atoms with E-state index in [-0.39, 0.29) is 17.9 Å². The number of nitrogens with one attached hydrogen (secondary N) is 1. The van der Waals surface area contributed by atoms with Crippen LogP contribution in [0.2, 0.25) is 0 Å². The Morgan fingerprint density at radius 2 is 2.50 bits per heavy atom. The van der Waals surface area contributed by atoms with Crippen molar-refractivity contribution in [2.75, 3.05) is 13.2 Å². The molecule has 1 fully saturated rings. The molecule has 118 valence electrons. The Labute approximate surface area is 134 Å². The highest BCUT2D eigenvalue weighted by Crippen LogP contribution is 2.34. The summed E-state index contributed by atoms with van der Waals surface area (Å²) in [5.74, 6) is -0.0287. The molecule has 0 aromatic carbocycles. The number of thiophene rings is 1. The van der Waals surface area contributed by atoms with Crippen molar-refractivity contribution in [2.24, 2.45) is 5.92 Å². The maximum Gasteiger partial charge on any atom is 0.226 e. The lowest BCUT2D eigenvalue weighted by atomic mass is 9.96. The summed E-state index contributed by atoms with van der Waals surface area (Å²) in [6.45, 7) is 4.17. The number of ether oxygens (including phenoxy) is 1. The fourth-order valence-corrected chi connectivity index (χ4v) is 3.49. The van der Waals surface area contributed by atoms with E-state index in [0.717, 1.165) is 24.9 Å². The van der Waals surface area contributed by atoms with Crippen LogP contribution in [-0.2, 0) is 22.5 Å². The van der Waals surface area contributed by atoms with Crippen LogP contribution in [-0.4, -0.2) is 28.8 Å². The molecule has 1 aliphatic rings. The summed E-state index contributed by atoms with van der Waals surface area (Å²) in [7, 11) is 0. The lowest BCUT2D eigenvalue weighted by Crippen LogP contribution is -2.33. The minimum atomic E-state index is -0.165.